The zero-order valence-electron chi connectivity index (χ0n) is 12.4. The lowest BCUT2D eigenvalue weighted by molar-refractivity contribution is -0.128. The normalized spacial score (nSPS) is 25.0. The number of hydrogen-bond donors (Lipinski definition) is 1. The molecule has 1 heterocycles. The molecule has 0 radical (unpaired) electrons. The highest BCUT2D eigenvalue weighted by atomic mass is 16.3. The van der Waals surface area contributed by atoms with E-state index in [0.717, 1.165) is 18.7 Å². The van der Waals surface area contributed by atoms with Crippen LogP contribution < -0.4 is 0 Å². The first-order valence-corrected chi connectivity index (χ1v) is 7.77. The number of benzene rings is 1. The Morgan fingerprint density at radius 2 is 1.90 bits per heavy atom. The van der Waals surface area contributed by atoms with Crippen molar-refractivity contribution < 1.29 is 9.90 Å². The highest BCUT2D eigenvalue weighted by Gasteiger charge is 2.35. The van der Waals surface area contributed by atoms with Crippen molar-refractivity contribution in [3.8, 4) is 0 Å². The Bertz CT molecular complexity index is 535. The molecule has 4 heteroatoms. The Morgan fingerprint density at radius 3 is 2.57 bits per heavy atom. The topological polar surface area (TPSA) is 52.9 Å². The van der Waals surface area contributed by atoms with Crippen molar-refractivity contribution in [3.05, 3.63) is 35.9 Å². The standard InChI is InChI=1S/C17H22N2O2/c1-12(13-7-3-2-4-8-13)19-11-15(20)17(21)18-16(19)14-9-5-6-10-14/h2-4,7-8,12,14,17,21H,5-6,9-11H2,1H3. The molecule has 2 aliphatic rings. The van der Waals surface area contributed by atoms with Gasteiger partial charge in [0.05, 0.1) is 12.6 Å². The second-order valence-electron chi connectivity index (χ2n) is 6.02. The largest absolute Gasteiger partial charge is 0.366 e. The van der Waals surface area contributed by atoms with Crippen LogP contribution in [-0.4, -0.2) is 34.4 Å². The fourth-order valence-corrected chi connectivity index (χ4v) is 3.37. The Labute approximate surface area is 125 Å². The Kier molecular flexibility index (Phi) is 4.06. The van der Waals surface area contributed by atoms with E-state index >= 15 is 0 Å². The van der Waals surface area contributed by atoms with E-state index in [1.807, 2.05) is 18.2 Å². The average Bonchev–Trinajstić information content (AvgIpc) is 3.04. The SMILES string of the molecule is CC(c1ccccc1)N1CC(=O)C(O)N=C1C1CCCC1. The minimum atomic E-state index is -1.17. The molecule has 0 aromatic heterocycles. The van der Waals surface area contributed by atoms with E-state index < -0.39 is 6.23 Å². The number of carbonyl (C=O) groups excluding carboxylic acids is 1. The van der Waals surface area contributed by atoms with Gasteiger partial charge in [0.25, 0.3) is 0 Å². The maximum atomic E-state index is 11.9. The number of aliphatic hydroxyl groups is 1. The van der Waals surface area contributed by atoms with Crippen molar-refractivity contribution in [3.63, 3.8) is 0 Å². The second kappa shape index (κ2) is 5.98. The molecule has 4 nitrogen and oxygen atoms in total. The monoisotopic (exact) mass is 286 g/mol. The van der Waals surface area contributed by atoms with Gasteiger partial charge in [-0.05, 0) is 25.3 Å². The van der Waals surface area contributed by atoms with Gasteiger partial charge >= 0.3 is 0 Å². The molecule has 21 heavy (non-hydrogen) atoms. The van der Waals surface area contributed by atoms with Gasteiger partial charge in [0.1, 0.15) is 5.84 Å². The van der Waals surface area contributed by atoms with Crippen LogP contribution in [0, 0.1) is 5.92 Å². The van der Waals surface area contributed by atoms with Crippen LogP contribution in [0.3, 0.4) is 0 Å². The van der Waals surface area contributed by atoms with Crippen molar-refractivity contribution >= 4 is 11.6 Å². The number of ketones is 1. The van der Waals surface area contributed by atoms with Crippen molar-refractivity contribution in [2.75, 3.05) is 6.54 Å². The van der Waals surface area contributed by atoms with Crippen LogP contribution in [0.25, 0.3) is 0 Å². The summed E-state index contributed by atoms with van der Waals surface area (Å²) in [5, 5.41) is 9.81. The van der Waals surface area contributed by atoms with Gasteiger partial charge in [0, 0.05) is 5.92 Å². The van der Waals surface area contributed by atoms with Crippen LogP contribution in [0.5, 0.6) is 0 Å². The van der Waals surface area contributed by atoms with E-state index in [4.69, 9.17) is 0 Å². The van der Waals surface area contributed by atoms with Gasteiger partial charge in [-0.25, -0.2) is 4.99 Å². The van der Waals surface area contributed by atoms with E-state index in [1.165, 1.54) is 18.4 Å². The molecule has 0 spiro atoms. The molecule has 0 bridgehead atoms. The van der Waals surface area contributed by atoms with Gasteiger partial charge in [-0.15, -0.1) is 0 Å². The summed E-state index contributed by atoms with van der Waals surface area (Å²) in [7, 11) is 0. The number of hydrogen-bond acceptors (Lipinski definition) is 4. The lowest BCUT2D eigenvalue weighted by atomic mass is 9.99. The fraction of sp³-hybridized carbons (Fsp3) is 0.529. The van der Waals surface area contributed by atoms with Crippen LogP contribution >= 0.6 is 0 Å². The number of carbonyl (C=O) groups is 1. The quantitative estimate of drug-likeness (QED) is 0.929. The third-order valence-corrected chi connectivity index (χ3v) is 4.63. The van der Waals surface area contributed by atoms with E-state index in [-0.39, 0.29) is 18.4 Å². The van der Waals surface area contributed by atoms with Crippen LogP contribution in [0.4, 0.5) is 0 Å². The zero-order chi connectivity index (χ0) is 14.8. The molecule has 1 aromatic carbocycles. The lowest BCUT2D eigenvalue weighted by Crippen LogP contribution is -2.48. The number of nitrogens with zero attached hydrogens (tertiary/aromatic N) is 2. The summed E-state index contributed by atoms with van der Waals surface area (Å²) in [6.45, 7) is 2.36. The van der Waals surface area contributed by atoms with Gasteiger partial charge in [0.2, 0.25) is 12.0 Å². The summed E-state index contributed by atoms with van der Waals surface area (Å²) in [5.74, 6) is 1.11. The third-order valence-electron chi connectivity index (χ3n) is 4.63. The number of rotatable bonds is 3. The minimum absolute atomic E-state index is 0.0991. The second-order valence-corrected chi connectivity index (χ2v) is 6.02. The molecule has 1 fully saturated rings. The molecule has 1 N–H and O–H groups in total. The molecule has 1 aromatic rings. The van der Waals surface area contributed by atoms with Gasteiger partial charge in [-0.2, -0.15) is 0 Å². The maximum Gasteiger partial charge on any atom is 0.208 e. The van der Waals surface area contributed by atoms with Crippen molar-refractivity contribution in [1.82, 2.24) is 4.90 Å². The van der Waals surface area contributed by atoms with Crippen LogP contribution in [0.15, 0.2) is 35.3 Å². The first-order chi connectivity index (χ1) is 10.2. The number of aliphatic imine (C=N–C) groups is 1. The molecule has 1 aliphatic heterocycles. The average molecular weight is 286 g/mol. The summed E-state index contributed by atoms with van der Waals surface area (Å²) >= 11 is 0. The molecule has 1 saturated carbocycles. The van der Waals surface area contributed by atoms with E-state index in [2.05, 4.69) is 28.9 Å². The van der Waals surface area contributed by atoms with Gasteiger partial charge in [-0.1, -0.05) is 43.2 Å². The first-order valence-electron chi connectivity index (χ1n) is 7.77. The highest BCUT2D eigenvalue weighted by molar-refractivity contribution is 5.97. The van der Waals surface area contributed by atoms with Gasteiger partial charge in [0.15, 0.2) is 0 Å². The van der Waals surface area contributed by atoms with Crippen molar-refractivity contribution in [1.29, 1.82) is 0 Å². The Morgan fingerprint density at radius 1 is 1.24 bits per heavy atom. The molecular weight excluding hydrogens is 264 g/mol. The summed E-state index contributed by atoms with van der Waals surface area (Å²) < 4.78 is 0. The number of aliphatic hydroxyl groups excluding tert-OH is 1. The molecule has 112 valence electrons. The third kappa shape index (κ3) is 2.86. The van der Waals surface area contributed by atoms with E-state index in [1.54, 1.807) is 0 Å². The van der Waals surface area contributed by atoms with E-state index in [9.17, 15) is 9.90 Å². The maximum absolute atomic E-state index is 11.9. The van der Waals surface area contributed by atoms with Crippen LogP contribution in [0.2, 0.25) is 0 Å². The molecule has 0 amide bonds. The molecule has 2 unspecified atom stereocenters. The molecular formula is C17H22N2O2. The van der Waals surface area contributed by atoms with Gasteiger partial charge < -0.3 is 10.0 Å². The fourth-order valence-electron chi connectivity index (χ4n) is 3.37. The minimum Gasteiger partial charge on any atom is -0.366 e. The summed E-state index contributed by atoms with van der Waals surface area (Å²) in [6, 6.07) is 10.3. The smallest absolute Gasteiger partial charge is 0.208 e. The van der Waals surface area contributed by atoms with Crippen molar-refractivity contribution in [2.24, 2.45) is 10.9 Å². The van der Waals surface area contributed by atoms with Crippen molar-refractivity contribution in [2.45, 2.75) is 44.9 Å². The molecule has 1 aliphatic carbocycles. The number of amidine groups is 1. The molecule has 3 rings (SSSR count). The summed E-state index contributed by atoms with van der Waals surface area (Å²) in [6.07, 6.45) is 3.47. The van der Waals surface area contributed by atoms with Crippen LogP contribution in [0.1, 0.15) is 44.2 Å². The zero-order valence-corrected chi connectivity index (χ0v) is 12.4. The van der Waals surface area contributed by atoms with Crippen LogP contribution in [-0.2, 0) is 4.79 Å². The predicted octanol–water partition coefficient (Wildman–Crippen LogP) is 2.54. The lowest BCUT2D eigenvalue weighted by Gasteiger charge is -2.38. The highest BCUT2D eigenvalue weighted by Crippen LogP contribution is 2.32. The van der Waals surface area contributed by atoms with E-state index in [0.29, 0.717) is 5.92 Å². The summed E-state index contributed by atoms with van der Waals surface area (Å²) in [5.41, 5.74) is 1.17. The Hall–Kier alpha value is -1.68. The molecule has 2 atom stereocenters. The summed E-state index contributed by atoms with van der Waals surface area (Å²) in [4.78, 5) is 18.3. The predicted molar refractivity (Wildman–Crippen MR) is 82.0 cm³/mol. The number of Topliss-reactive ketones (excluding diaryl/α,β-unsaturated/α-hetero) is 1. The van der Waals surface area contributed by atoms with Gasteiger partial charge in [-0.3, -0.25) is 4.79 Å². The first kappa shape index (κ1) is 14.3. The molecule has 0 saturated heterocycles. The Balaban J connectivity index is 1.90.